The summed E-state index contributed by atoms with van der Waals surface area (Å²) < 4.78 is 37.6. The van der Waals surface area contributed by atoms with Crippen molar-refractivity contribution < 1.29 is 12.8 Å². The number of sulfone groups is 1. The lowest BCUT2D eigenvalue weighted by Gasteiger charge is -2.15. The number of hydrogen-bond acceptors (Lipinski definition) is 3. The topological polar surface area (TPSA) is 70.6 Å². The van der Waals surface area contributed by atoms with Crippen LogP contribution in [0, 0.1) is 11.2 Å². The zero-order chi connectivity index (χ0) is 19.2. The van der Waals surface area contributed by atoms with E-state index in [0.717, 1.165) is 30.3 Å². The van der Waals surface area contributed by atoms with Gasteiger partial charge in [0, 0.05) is 35.8 Å². The number of aliphatic imine (C=N–C) groups is 1. The minimum atomic E-state index is -2.99. The Morgan fingerprint density at radius 2 is 2.04 bits per heavy atom. The van der Waals surface area contributed by atoms with E-state index in [-0.39, 0.29) is 41.0 Å². The molecular formula is C18H28BrFIN3O2S. The molecule has 0 amide bonds. The van der Waals surface area contributed by atoms with Gasteiger partial charge in [-0.3, -0.25) is 4.99 Å². The third kappa shape index (κ3) is 9.08. The van der Waals surface area contributed by atoms with Gasteiger partial charge in [-0.15, -0.1) is 24.0 Å². The van der Waals surface area contributed by atoms with Gasteiger partial charge in [0.25, 0.3) is 0 Å². The van der Waals surface area contributed by atoms with Crippen molar-refractivity contribution in [2.75, 3.05) is 31.6 Å². The summed E-state index contributed by atoms with van der Waals surface area (Å²) >= 11 is 3.26. The van der Waals surface area contributed by atoms with Crippen molar-refractivity contribution >= 4 is 55.7 Å². The summed E-state index contributed by atoms with van der Waals surface area (Å²) in [5.41, 5.74) is 0.512. The SMILES string of the molecule is CCNC(=NCC1(CS(C)(=O)=O)CC1)NCCCc1ccc(Br)cc1F.I. The number of hydrogen-bond donors (Lipinski definition) is 2. The molecule has 0 aromatic heterocycles. The van der Waals surface area contributed by atoms with Crippen LogP contribution in [-0.2, 0) is 16.3 Å². The Labute approximate surface area is 187 Å². The van der Waals surface area contributed by atoms with Gasteiger partial charge in [-0.05, 0) is 50.3 Å². The lowest BCUT2D eigenvalue weighted by molar-refractivity contribution is 0.549. The zero-order valence-corrected chi connectivity index (χ0v) is 20.5. The van der Waals surface area contributed by atoms with Crippen molar-refractivity contribution in [1.29, 1.82) is 0 Å². The third-order valence-electron chi connectivity index (χ3n) is 4.37. The summed E-state index contributed by atoms with van der Waals surface area (Å²) in [5.74, 6) is 0.686. The van der Waals surface area contributed by atoms with Crippen LogP contribution in [-0.4, -0.2) is 46.0 Å². The number of aryl methyl sites for hydroxylation is 1. The van der Waals surface area contributed by atoms with E-state index in [1.54, 1.807) is 6.07 Å². The minimum absolute atomic E-state index is 0. The normalized spacial score (nSPS) is 15.8. The molecule has 1 aromatic rings. The fraction of sp³-hybridized carbons (Fsp3) is 0.611. The monoisotopic (exact) mass is 575 g/mol. The molecule has 154 valence electrons. The first-order valence-electron chi connectivity index (χ1n) is 8.87. The number of rotatable bonds is 9. The summed E-state index contributed by atoms with van der Waals surface area (Å²) in [5, 5.41) is 6.42. The summed E-state index contributed by atoms with van der Waals surface area (Å²) in [6.45, 7) is 3.89. The molecule has 2 N–H and O–H groups in total. The molecule has 0 saturated heterocycles. The summed E-state index contributed by atoms with van der Waals surface area (Å²) in [4.78, 5) is 4.56. The molecule has 0 heterocycles. The second-order valence-electron chi connectivity index (χ2n) is 7.03. The lowest BCUT2D eigenvalue weighted by atomic mass is 10.1. The quantitative estimate of drug-likeness (QED) is 0.205. The van der Waals surface area contributed by atoms with Gasteiger partial charge >= 0.3 is 0 Å². The van der Waals surface area contributed by atoms with Crippen molar-refractivity contribution in [3.05, 3.63) is 34.1 Å². The molecule has 1 fully saturated rings. The first-order chi connectivity index (χ1) is 12.2. The Bertz CT molecular complexity index is 755. The fourth-order valence-corrected chi connectivity index (χ4v) is 4.71. The van der Waals surface area contributed by atoms with Gasteiger partial charge in [-0.25, -0.2) is 12.8 Å². The molecule has 2 rings (SSSR count). The Kier molecular flexibility index (Phi) is 9.98. The number of nitrogens with zero attached hydrogens (tertiary/aromatic N) is 1. The molecule has 0 unspecified atom stereocenters. The van der Waals surface area contributed by atoms with Crippen LogP contribution in [0.25, 0.3) is 0 Å². The molecule has 0 bridgehead atoms. The maximum Gasteiger partial charge on any atom is 0.191 e. The molecular weight excluding hydrogens is 548 g/mol. The molecule has 1 aromatic carbocycles. The summed E-state index contributed by atoms with van der Waals surface area (Å²) in [6.07, 6.45) is 4.51. The Balaban J connectivity index is 0.00000364. The molecule has 9 heteroatoms. The van der Waals surface area contributed by atoms with E-state index in [0.29, 0.717) is 31.0 Å². The van der Waals surface area contributed by atoms with Gasteiger partial charge in [0.1, 0.15) is 15.7 Å². The van der Waals surface area contributed by atoms with E-state index >= 15 is 0 Å². The summed E-state index contributed by atoms with van der Waals surface area (Å²) in [7, 11) is -2.99. The molecule has 0 radical (unpaired) electrons. The summed E-state index contributed by atoms with van der Waals surface area (Å²) in [6, 6.07) is 5.11. The van der Waals surface area contributed by atoms with Crippen LogP contribution in [0.1, 0.15) is 31.7 Å². The number of guanidine groups is 1. The third-order valence-corrected chi connectivity index (χ3v) is 6.00. The van der Waals surface area contributed by atoms with Gasteiger partial charge in [0.05, 0.1) is 5.75 Å². The van der Waals surface area contributed by atoms with Gasteiger partial charge in [0.15, 0.2) is 5.96 Å². The predicted molar refractivity (Wildman–Crippen MR) is 123 cm³/mol. The highest BCUT2D eigenvalue weighted by Gasteiger charge is 2.45. The van der Waals surface area contributed by atoms with Crippen molar-refractivity contribution in [2.24, 2.45) is 10.4 Å². The minimum Gasteiger partial charge on any atom is -0.357 e. The standard InChI is InChI=1S/C18H27BrFN3O2S.HI/c1-3-21-17(23-12-18(8-9-18)13-26(2,24)25)22-10-4-5-14-6-7-15(19)11-16(14)20;/h6-7,11H,3-5,8-10,12-13H2,1-2H3,(H2,21,22,23);1H. The van der Waals surface area contributed by atoms with Crippen LogP contribution in [0.3, 0.4) is 0 Å². The van der Waals surface area contributed by atoms with Crippen molar-refractivity contribution in [1.82, 2.24) is 10.6 Å². The average Bonchev–Trinajstić information content (AvgIpc) is 3.28. The largest absolute Gasteiger partial charge is 0.357 e. The van der Waals surface area contributed by atoms with E-state index in [2.05, 4.69) is 31.6 Å². The molecule has 0 aliphatic heterocycles. The number of benzene rings is 1. The fourth-order valence-electron chi connectivity index (χ4n) is 2.88. The number of nitrogens with one attached hydrogen (secondary N) is 2. The van der Waals surface area contributed by atoms with E-state index < -0.39 is 9.84 Å². The second-order valence-corrected chi connectivity index (χ2v) is 10.1. The maximum atomic E-state index is 13.8. The predicted octanol–water partition coefficient (Wildman–Crippen LogP) is 3.52. The van der Waals surface area contributed by atoms with Crippen LogP contribution in [0.4, 0.5) is 4.39 Å². The lowest BCUT2D eigenvalue weighted by Crippen LogP contribution is -2.38. The van der Waals surface area contributed by atoms with Crippen LogP contribution < -0.4 is 10.6 Å². The first-order valence-corrected chi connectivity index (χ1v) is 11.7. The first kappa shape index (κ1) is 24.6. The zero-order valence-electron chi connectivity index (χ0n) is 15.7. The molecule has 1 aliphatic carbocycles. The van der Waals surface area contributed by atoms with Gasteiger partial charge < -0.3 is 10.6 Å². The highest BCUT2D eigenvalue weighted by Crippen LogP contribution is 2.46. The van der Waals surface area contributed by atoms with Gasteiger partial charge in [-0.1, -0.05) is 22.0 Å². The number of halogens is 3. The Morgan fingerprint density at radius 1 is 1.33 bits per heavy atom. The molecule has 0 spiro atoms. The molecule has 27 heavy (non-hydrogen) atoms. The van der Waals surface area contributed by atoms with E-state index in [9.17, 15) is 12.8 Å². The van der Waals surface area contributed by atoms with E-state index in [1.807, 2.05) is 13.0 Å². The van der Waals surface area contributed by atoms with Gasteiger partial charge in [-0.2, -0.15) is 0 Å². The van der Waals surface area contributed by atoms with Gasteiger partial charge in [0.2, 0.25) is 0 Å². The van der Waals surface area contributed by atoms with Crippen LogP contribution in [0.2, 0.25) is 0 Å². The maximum absolute atomic E-state index is 13.8. The van der Waals surface area contributed by atoms with Crippen molar-refractivity contribution in [3.63, 3.8) is 0 Å². The van der Waals surface area contributed by atoms with E-state index in [4.69, 9.17) is 0 Å². The highest BCUT2D eigenvalue weighted by atomic mass is 127. The van der Waals surface area contributed by atoms with Crippen molar-refractivity contribution in [3.8, 4) is 0 Å². The van der Waals surface area contributed by atoms with Crippen LogP contribution in [0.5, 0.6) is 0 Å². The highest BCUT2D eigenvalue weighted by molar-refractivity contribution is 14.0. The Morgan fingerprint density at radius 3 is 2.59 bits per heavy atom. The average molecular weight is 576 g/mol. The van der Waals surface area contributed by atoms with Crippen LogP contribution >= 0.6 is 39.9 Å². The van der Waals surface area contributed by atoms with Crippen molar-refractivity contribution in [2.45, 2.75) is 32.6 Å². The van der Waals surface area contributed by atoms with Crippen LogP contribution in [0.15, 0.2) is 27.7 Å². The smallest absolute Gasteiger partial charge is 0.191 e. The Hall–Kier alpha value is -0.420. The second kappa shape index (κ2) is 10.9. The molecule has 0 atom stereocenters. The molecule has 1 saturated carbocycles. The molecule has 5 nitrogen and oxygen atoms in total. The molecule has 1 aliphatic rings. The van der Waals surface area contributed by atoms with E-state index in [1.165, 1.54) is 12.3 Å².